The Labute approximate surface area is 122 Å². The van der Waals surface area contributed by atoms with E-state index in [-0.39, 0.29) is 0 Å². The van der Waals surface area contributed by atoms with Crippen molar-refractivity contribution >= 4 is 40.4 Å². The molecular weight excluding hydrogens is 280 g/mol. The molecule has 2 N–H and O–H groups in total. The van der Waals surface area contributed by atoms with E-state index < -0.39 is 0 Å². The summed E-state index contributed by atoms with van der Waals surface area (Å²) in [6.07, 6.45) is 0.937. The van der Waals surface area contributed by atoms with Gasteiger partial charge in [-0.05, 0) is 42.4 Å². The lowest BCUT2D eigenvalue weighted by Crippen LogP contribution is -2.20. The highest BCUT2D eigenvalue weighted by atomic mass is 35.5. The van der Waals surface area contributed by atoms with E-state index in [4.69, 9.17) is 23.8 Å². The van der Waals surface area contributed by atoms with Crippen LogP contribution in [0.1, 0.15) is 12.5 Å². The molecule has 0 aliphatic rings. The van der Waals surface area contributed by atoms with Gasteiger partial charge in [-0.3, -0.25) is 0 Å². The van der Waals surface area contributed by atoms with E-state index in [9.17, 15) is 0 Å². The van der Waals surface area contributed by atoms with E-state index in [1.165, 1.54) is 5.56 Å². The van der Waals surface area contributed by atoms with Gasteiger partial charge < -0.3 is 10.6 Å². The van der Waals surface area contributed by atoms with Crippen LogP contribution in [-0.4, -0.2) is 15.3 Å². The lowest BCUT2D eigenvalue weighted by Gasteiger charge is -2.12. The highest BCUT2D eigenvalue weighted by Crippen LogP contribution is 2.16. The van der Waals surface area contributed by atoms with Gasteiger partial charge in [0.2, 0.25) is 0 Å². The highest BCUT2D eigenvalue weighted by molar-refractivity contribution is 7.80. The summed E-state index contributed by atoms with van der Waals surface area (Å²) in [7, 11) is 0. The van der Waals surface area contributed by atoms with Crippen LogP contribution >= 0.6 is 23.8 Å². The van der Waals surface area contributed by atoms with Gasteiger partial charge in [0.15, 0.2) is 16.1 Å². The minimum absolute atomic E-state index is 0.348. The summed E-state index contributed by atoms with van der Waals surface area (Å²) in [6, 6.07) is 11.4. The summed E-state index contributed by atoms with van der Waals surface area (Å²) in [6.45, 7) is 2.10. The maximum absolute atomic E-state index is 5.67. The second-order valence-corrected chi connectivity index (χ2v) is 4.63. The Morgan fingerprint density at radius 3 is 2.63 bits per heavy atom. The molecule has 98 valence electrons. The summed E-state index contributed by atoms with van der Waals surface area (Å²) >= 11 is 10.9. The second kappa shape index (κ2) is 6.45. The Balaban J connectivity index is 2.03. The van der Waals surface area contributed by atoms with Crippen LogP contribution in [0, 0.1) is 0 Å². The number of halogens is 1. The monoisotopic (exact) mass is 292 g/mol. The van der Waals surface area contributed by atoms with Crippen molar-refractivity contribution in [1.82, 2.24) is 10.2 Å². The van der Waals surface area contributed by atoms with Crippen LogP contribution in [0.25, 0.3) is 0 Å². The highest BCUT2D eigenvalue weighted by Gasteiger charge is 2.03. The Hall–Kier alpha value is -1.72. The van der Waals surface area contributed by atoms with Crippen LogP contribution in [0.5, 0.6) is 0 Å². The van der Waals surface area contributed by atoms with E-state index in [0.717, 1.165) is 12.1 Å². The largest absolute Gasteiger partial charge is 0.332 e. The lowest BCUT2D eigenvalue weighted by atomic mass is 10.1. The Bertz CT molecular complexity index is 571. The molecule has 0 unspecified atom stereocenters. The summed E-state index contributed by atoms with van der Waals surface area (Å²) in [4.78, 5) is 0. The molecule has 0 saturated carbocycles. The summed E-state index contributed by atoms with van der Waals surface area (Å²) in [5, 5.41) is 14.5. The van der Waals surface area contributed by atoms with Crippen molar-refractivity contribution in [3.8, 4) is 0 Å². The number of nitrogens with one attached hydrogen (secondary N) is 2. The molecule has 0 atom stereocenters. The zero-order chi connectivity index (χ0) is 13.7. The molecule has 1 aromatic carbocycles. The second-order valence-electron chi connectivity index (χ2n) is 3.83. The fourth-order valence-electron chi connectivity index (χ4n) is 1.60. The molecule has 1 aromatic heterocycles. The molecule has 6 heteroatoms. The van der Waals surface area contributed by atoms with Crippen LogP contribution in [0.3, 0.4) is 0 Å². The van der Waals surface area contributed by atoms with Gasteiger partial charge in [-0.25, -0.2) is 0 Å². The number of aromatic nitrogens is 2. The standard InChI is InChI=1S/C13H13ClN4S/c1-2-9-5-3-4-6-10(9)15-13(19)16-12-8-7-11(14)17-18-12/h3-8H,2H2,1H3,(H2,15,16,18,19). The van der Waals surface area contributed by atoms with Crippen molar-refractivity contribution in [1.29, 1.82) is 0 Å². The number of hydrogen-bond acceptors (Lipinski definition) is 3. The molecule has 0 aliphatic carbocycles. The zero-order valence-corrected chi connectivity index (χ0v) is 11.9. The van der Waals surface area contributed by atoms with Crippen LogP contribution in [-0.2, 0) is 6.42 Å². The molecule has 0 aliphatic heterocycles. The number of rotatable bonds is 3. The number of nitrogens with zero attached hydrogens (tertiary/aromatic N) is 2. The molecule has 0 saturated heterocycles. The van der Waals surface area contributed by atoms with Crippen LogP contribution in [0.4, 0.5) is 11.5 Å². The van der Waals surface area contributed by atoms with Gasteiger partial charge >= 0.3 is 0 Å². The molecule has 0 amide bonds. The number of thiocarbonyl (C=S) groups is 1. The molecule has 0 radical (unpaired) electrons. The average molecular weight is 293 g/mol. The van der Waals surface area contributed by atoms with Gasteiger partial charge in [0.05, 0.1) is 0 Å². The Morgan fingerprint density at radius 2 is 1.95 bits per heavy atom. The van der Waals surface area contributed by atoms with Crippen LogP contribution in [0.15, 0.2) is 36.4 Å². The topological polar surface area (TPSA) is 49.8 Å². The molecule has 2 rings (SSSR count). The summed E-state index contributed by atoms with van der Waals surface area (Å²) in [5.41, 5.74) is 2.19. The molecule has 1 heterocycles. The number of aryl methyl sites for hydroxylation is 1. The van der Waals surface area contributed by atoms with E-state index in [0.29, 0.717) is 16.1 Å². The molecule has 0 bridgehead atoms. The van der Waals surface area contributed by atoms with E-state index in [1.54, 1.807) is 12.1 Å². The third-order valence-electron chi connectivity index (χ3n) is 2.52. The molecular formula is C13H13ClN4S. The minimum atomic E-state index is 0.348. The van der Waals surface area contributed by atoms with Gasteiger partial charge in [0, 0.05) is 5.69 Å². The number of benzene rings is 1. The number of anilines is 2. The van der Waals surface area contributed by atoms with Gasteiger partial charge in [0.1, 0.15) is 0 Å². The first-order valence-corrected chi connectivity index (χ1v) is 6.63. The third-order valence-corrected chi connectivity index (χ3v) is 2.93. The summed E-state index contributed by atoms with van der Waals surface area (Å²) < 4.78 is 0. The van der Waals surface area contributed by atoms with Crippen molar-refractivity contribution < 1.29 is 0 Å². The fraction of sp³-hybridized carbons (Fsp3) is 0.154. The quantitative estimate of drug-likeness (QED) is 0.848. The van der Waals surface area contributed by atoms with Crippen molar-refractivity contribution in [2.45, 2.75) is 13.3 Å². The Morgan fingerprint density at radius 1 is 1.16 bits per heavy atom. The third kappa shape index (κ3) is 3.87. The van der Waals surface area contributed by atoms with Crippen LogP contribution < -0.4 is 10.6 Å². The van der Waals surface area contributed by atoms with E-state index >= 15 is 0 Å². The maximum Gasteiger partial charge on any atom is 0.176 e. The molecule has 2 aromatic rings. The predicted molar refractivity (Wildman–Crippen MR) is 82.7 cm³/mol. The van der Waals surface area contributed by atoms with Crippen molar-refractivity contribution in [3.05, 3.63) is 47.1 Å². The van der Waals surface area contributed by atoms with Crippen molar-refractivity contribution in [3.63, 3.8) is 0 Å². The average Bonchev–Trinajstić information content (AvgIpc) is 2.42. The van der Waals surface area contributed by atoms with Gasteiger partial charge in [0.25, 0.3) is 0 Å². The number of hydrogen-bond donors (Lipinski definition) is 2. The molecule has 19 heavy (non-hydrogen) atoms. The first-order valence-electron chi connectivity index (χ1n) is 5.84. The Kier molecular flexibility index (Phi) is 4.65. The molecule has 0 spiro atoms. The summed E-state index contributed by atoms with van der Waals surface area (Å²) in [5.74, 6) is 0.552. The zero-order valence-electron chi connectivity index (χ0n) is 10.4. The fourth-order valence-corrected chi connectivity index (χ4v) is 1.92. The van der Waals surface area contributed by atoms with Gasteiger partial charge in [-0.15, -0.1) is 10.2 Å². The predicted octanol–water partition coefficient (Wildman–Crippen LogP) is 3.50. The molecule has 4 nitrogen and oxygen atoms in total. The van der Waals surface area contributed by atoms with Crippen molar-refractivity contribution in [2.24, 2.45) is 0 Å². The van der Waals surface area contributed by atoms with E-state index in [1.807, 2.05) is 18.2 Å². The first kappa shape index (κ1) is 13.7. The molecule has 0 fully saturated rings. The minimum Gasteiger partial charge on any atom is -0.332 e. The van der Waals surface area contributed by atoms with Gasteiger partial charge in [-0.2, -0.15) is 0 Å². The normalized spacial score (nSPS) is 10.0. The lowest BCUT2D eigenvalue weighted by molar-refractivity contribution is 1.04. The van der Waals surface area contributed by atoms with Crippen LogP contribution in [0.2, 0.25) is 5.15 Å². The number of para-hydroxylation sites is 1. The smallest absolute Gasteiger partial charge is 0.176 e. The van der Waals surface area contributed by atoms with Crippen molar-refractivity contribution in [2.75, 3.05) is 10.6 Å². The maximum atomic E-state index is 5.67. The van der Waals surface area contributed by atoms with Gasteiger partial charge in [-0.1, -0.05) is 36.7 Å². The first-order chi connectivity index (χ1) is 9.19. The van der Waals surface area contributed by atoms with E-state index in [2.05, 4.69) is 33.8 Å². The SMILES string of the molecule is CCc1ccccc1NC(=S)Nc1ccc(Cl)nn1.